The molecule has 0 saturated heterocycles. The van der Waals surface area contributed by atoms with Crippen LogP contribution in [0.15, 0.2) is 18.3 Å². The van der Waals surface area contributed by atoms with Crippen molar-refractivity contribution in [3.05, 3.63) is 29.7 Å². The summed E-state index contributed by atoms with van der Waals surface area (Å²) in [5, 5.41) is 13.5. The second kappa shape index (κ2) is 3.84. The minimum Gasteiger partial charge on any atom is -0.477 e. The number of nitrogens with zero attached hydrogens (tertiary/aromatic N) is 3. The summed E-state index contributed by atoms with van der Waals surface area (Å²) >= 11 is 0. The van der Waals surface area contributed by atoms with Crippen LogP contribution in [0.1, 0.15) is 47.8 Å². The summed E-state index contributed by atoms with van der Waals surface area (Å²) in [5.74, 6) is -0.503. The molecule has 5 heteroatoms. The lowest BCUT2D eigenvalue weighted by Crippen LogP contribution is -2.07. The molecule has 0 aromatic carbocycles. The molecule has 88 valence electrons. The maximum Gasteiger partial charge on any atom is 0.354 e. The molecule has 17 heavy (non-hydrogen) atoms. The molecule has 2 aromatic heterocycles. The van der Waals surface area contributed by atoms with E-state index in [4.69, 9.17) is 5.11 Å². The predicted molar refractivity (Wildman–Crippen MR) is 61.2 cm³/mol. The van der Waals surface area contributed by atoms with Gasteiger partial charge in [-0.1, -0.05) is 12.8 Å². The minimum absolute atomic E-state index is 0.166. The van der Waals surface area contributed by atoms with Crippen LogP contribution in [0, 0.1) is 0 Å². The molecule has 0 bridgehead atoms. The molecule has 3 rings (SSSR count). The van der Waals surface area contributed by atoms with E-state index in [-0.39, 0.29) is 5.69 Å². The molecular formula is C12H13N3O2. The highest BCUT2D eigenvalue weighted by Crippen LogP contribution is 2.33. The van der Waals surface area contributed by atoms with Crippen molar-refractivity contribution in [2.45, 2.75) is 31.6 Å². The topological polar surface area (TPSA) is 67.5 Å². The molecule has 0 radical (unpaired) electrons. The highest BCUT2D eigenvalue weighted by molar-refractivity contribution is 5.86. The molecule has 1 fully saturated rings. The number of carboxylic acid groups (broad SMARTS) is 1. The summed E-state index contributed by atoms with van der Waals surface area (Å²) in [6.45, 7) is 0. The third-order valence-corrected chi connectivity index (χ3v) is 3.37. The molecule has 1 aliphatic rings. The van der Waals surface area contributed by atoms with Crippen LogP contribution >= 0.6 is 0 Å². The van der Waals surface area contributed by atoms with Crippen molar-refractivity contribution < 1.29 is 9.90 Å². The van der Waals surface area contributed by atoms with Crippen LogP contribution in [-0.4, -0.2) is 25.7 Å². The molecule has 1 N–H and O–H groups in total. The third-order valence-electron chi connectivity index (χ3n) is 3.37. The number of hydrogen-bond donors (Lipinski definition) is 1. The molecule has 1 saturated carbocycles. The van der Waals surface area contributed by atoms with Crippen LogP contribution in [0.2, 0.25) is 0 Å². The highest BCUT2D eigenvalue weighted by atomic mass is 16.4. The van der Waals surface area contributed by atoms with Gasteiger partial charge in [0.25, 0.3) is 0 Å². The lowest BCUT2D eigenvalue weighted by atomic mass is 10.1. The van der Waals surface area contributed by atoms with Crippen LogP contribution in [-0.2, 0) is 0 Å². The number of fused-ring (bicyclic) bond motifs is 1. The molecule has 2 aromatic rings. The first kappa shape index (κ1) is 10.3. The van der Waals surface area contributed by atoms with Crippen molar-refractivity contribution in [2.75, 3.05) is 0 Å². The van der Waals surface area contributed by atoms with Gasteiger partial charge in [-0.25, -0.2) is 14.3 Å². The van der Waals surface area contributed by atoms with Crippen molar-refractivity contribution in [3.63, 3.8) is 0 Å². The van der Waals surface area contributed by atoms with Crippen LogP contribution in [0.3, 0.4) is 0 Å². The third kappa shape index (κ3) is 1.67. The fourth-order valence-electron chi connectivity index (χ4n) is 2.50. The van der Waals surface area contributed by atoms with Crippen LogP contribution < -0.4 is 0 Å². The Morgan fingerprint density at radius 3 is 2.88 bits per heavy atom. The van der Waals surface area contributed by atoms with E-state index in [2.05, 4.69) is 10.1 Å². The van der Waals surface area contributed by atoms with Crippen molar-refractivity contribution in [1.82, 2.24) is 14.6 Å². The summed E-state index contributed by atoms with van der Waals surface area (Å²) in [5.41, 5.74) is 1.76. The summed E-state index contributed by atoms with van der Waals surface area (Å²) < 4.78 is 1.43. The lowest BCUT2D eigenvalue weighted by molar-refractivity contribution is 0.0687. The van der Waals surface area contributed by atoms with Gasteiger partial charge >= 0.3 is 5.97 Å². The van der Waals surface area contributed by atoms with E-state index in [1.807, 2.05) is 6.07 Å². The van der Waals surface area contributed by atoms with Gasteiger partial charge in [-0.3, -0.25) is 0 Å². The smallest absolute Gasteiger partial charge is 0.354 e. The Balaban J connectivity index is 2.11. The van der Waals surface area contributed by atoms with Gasteiger partial charge in [-0.05, 0) is 18.9 Å². The zero-order chi connectivity index (χ0) is 11.8. The predicted octanol–water partition coefficient (Wildman–Crippen LogP) is 2.09. The fourth-order valence-corrected chi connectivity index (χ4v) is 2.50. The van der Waals surface area contributed by atoms with Crippen LogP contribution in [0.25, 0.3) is 5.65 Å². The van der Waals surface area contributed by atoms with Crippen LogP contribution in [0.4, 0.5) is 0 Å². The molecule has 0 atom stereocenters. The first-order chi connectivity index (χ1) is 8.25. The molecule has 0 spiro atoms. The summed E-state index contributed by atoms with van der Waals surface area (Å²) in [4.78, 5) is 15.2. The van der Waals surface area contributed by atoms with E-state index in [0.29, 0.717) is 11.6 Å². The molecule has 0 amide bonds. The number of hydrogen-bond acceptors (Lipinski definition) is 3. The average molecular weight is 231 g/mol. The van der Waals surface area contributed by atoms with E-state index in [9.17, 15) is 4.79 Å². The van der Waals surface area contributed by atoms with Gasteiger partial charge < -0.3 is 5.11 Å². The monoisotopic (exact) mass is 231 g/mol. The molecule has 1 aliphatic carbocycles. The van der Waals surface area contributed by atoms with Gasteiger partial charge in [-0.15, -0.1) is 0 Å². The zero-order valence-electron chi connectivity index (χ0n) is 9.33. The van der Waals surface area contributed by atoms with Gasteiger partial charge in [0.1, 0.15) is 0 Å². The second-order valence-electron chi connectivity index (χ2n) is 4.46. The van der Waals surface area contributed by atoms with E-state index in [1.165, 1.54) is 29.6 Å². The minimum atomic E-state index is -0.974. The van der Waals surface area contributed by atoms with Gasteiger partial charge in [0.2, 0.25) is 0 Å². The maximum absolute atomic E-state index is 11.1. The lowest BCUT2D eigenvalue weighted by Gasteiger charge is -2.02. The number of aromatic carboxylic acids is 1. The van der Waals surface area contributed by atoms with Gasteiger partial charge in [0.05, 0.1) is 5.69 Å². The Hall–Kier alpha value is -1.91. The van der Waals surface area contributed by atoms with Crippen molar-refractivity contribution >= 4 is 11.6 Å². The van der Waals surface area contributed by atoms with E-state index in [0.717, 1.165) is 18.5 Å². The number of aromatic nitrogens is 3. The number of carboxylic acids is 1. The average Bonchev–Trinajstić information content (AvgIpc) is 2.96. The zero-order valence-corrected chi connectivity index (χ0v) is 9.33. The number of carbonyl (C=O) groups is 1. The van der Waals surface area contributed by atoms with Crippen molar-refractivity contribution in [3.8, 4) is 0 Å². The molecular weight excluding hydrogens is 218 g/mol. The van der Waals surface area contributed by atoms with E-state index >= 15 is 0 Å². The maximum atomic E-state index is 11.1. The summed E-state index contributed by atoms with van der Waals surface area (Å²) in [6.07, 6.45) is 6.27. The molecule has 0 unspecified atom stereocenters. The normalized spacial score (nSPS) is 16.7. The Morgan fingerprint density at radius 1 is 1.41 bits per heavy atom. The molecule has 0 aliphatic heterocycles. The first-order valence-electron chi connectivity index (χ1n) is 5.83. The largest absolute Gasteiger partial charge is 0.477 e. The first-order valence-corrected chi connectivity index (χ1v) is 5.83. The van der Waals surface area contributed by atoms with Gasteiger partial charge in [-0.2, -0.15) is 5.10 Å². The standard InChI is InChI=1S/C12H13N3O2/c16-12(17)10-5-6-13-11-7-9(14-15(10)11)8-3-1-2-4-8/h5-8H,1-4H2,(H,16,17). The Bertz CT molecular complexity index is 570. The quantitative estimate of drug-likeness (QED) is 0.859. The Kier molecular flexibility index (Phi) is 2.31. The van der Waals surface area contributed by atoms with Crippen molar-refractivity contribution in [2.24, 2.45) is 0 Å². The highest BCUT2D eigenvalue weighted by Gasteiger charge is 2.21. The van der Waals surface area contributed by atoms with Crippen molar-refractivity contribution in [1.29, 1.82) is 0 Å². The summed E-state index contributed by atoms with van der Waals surface area (Å²) in [7, 11) is 0. The van der Waals surface area contributed by atoms with E-state index in [1.54, 1.807) is 0 Å². The Morgan fingerprint density at radius 2 is 2.18 bits per heavy atom. The van der Waals surface area contributed by atoms with E-state index < -0.39 is 5.97 Å². The second-order valence-corrected chi connectivity index (χ2v) is 4.46. The number of rotatable bonds is 2. The van der Waals surface area contributed by atoms with Gasteiger partial charge in [0, 0.05) is 18.2 Å². The fraction of sp³-hybridized carbons (Fsp3) is 0.417. The molecule has 2 heterocycles. The SMILES string of the molecule is O=C(O)c1ccnc2cc(C3CCCC3)nn12. The Labute approximate surface area is 98.1 Å². The summed E-state index contributed by atoms with van der Waals surface area (Å²) in [6, 6.07) is 3.38. The van der Waals surface area contributed by atoms with Crippen LogP contribution in [0.5, 0.6) is 0 Å². The molecule has 5 nitrogen and oxygen atoms in total. The van der Waals surface area contributed by atoms with Gasteiger partial charge in [0.15, 0.2) is 11.3 Å².